The normalized spacial score (nSPS) is 15.3. The predicted molar refractivity (Wildman–Crippen MR) is 104 cm³/mol. The van der Waals surface area contributed by atoms with E-state index >= 15 is 0 Å². The van der Waals surface area contributed by atoms with Gasteiger partial charge >= 0.3 is 0 Å². The molecule has 6 heteroatoms. The third-order valence-electron chi connectivity index (χ3n) is 4.62. The van der Waals surface area contributed by atoms with Crippen LogP contribution >= 0.6 is 0 Å². The molecule has 0 saturated carbocycles. The lowest BCUT2D eigenvalue weighted by Gasteiger charge is -2.36. The summed E-state index contributed by atoms with van der Waals surface area (Å²) < 4.78 is 0. The third kappa shape index (κ3) is 5.13. The molecule has 0 spiro atoms. The van der Waals surface area contributed by atoms with Gasteiger partial charge in [-0.3, -0.25) is 9.69 Å². The highest BCUT2D eigenvalue weighted by molar-refractivity contribution is 5.91. The molecule has 0 N–H and O–H groups in total. The molecule has 0 bridgehead atoms. The molecule has 3 rings (SSSR count). The molecule has 1 aliphatic rings. The first-order chi connectivity index (χ1) is 12.7. The molecule has 1 saturated heterocycles. The van der Waals surface area contributed by atoms with E-state index in [2.05, 4.69) is 44.0 Å². The summed E-state index contributed by atoms with van der Waals surface area (Å²) in [6, 6.07) is 12.3. The second-order valence-corrected chi connectivity index (χ2v) is 6.39. The summed E-state index contributed by atoms with van der Waals surface area (Å²) in [6.07, 6.45) is 6.42. The number of aromatic nitrogens is 2. The zero-order chi connectivity index (χ0) is 18.2. The van der Waals surface area contributed by atoms with Crippen LogP contribution in [-0.4, -0.2) is 72.0 Å². The van der Waals surface area contributed by atoms with Gasteiger partial charge in [0.15, 0.2) is 0 Å². The van der Waals surface area contributed by atoms with Crippen molar-refractivity contribution in [1.82, 2.24) is 19.8 Å². The monoisotopic (exact) mass is 351 g/mol. The number of anilines is 1. The zero-order valence-corrected chi connectivity index (χ0v) is 15.2. The molecular weight excluding hydrogens is 326 g/mol. The van der Waals surface area contributed by atoms with Crippen LogP contribution in [0.5, 0.6) is 0 Å². The summed E-state index contributed by atoms with van der Waals surface area (Å²) in [5.41, 5.74) is 2.02. The highest BCUT2D eigenvalue weighted by Crippen LogP contribution is 2.15. The molecule has 136 valence electrons. The van der Waals surface area contributed by atoms with Crippen molar-refractivity contribution in [3.05, 3.63) is 60.7 Å². The lowest BCUT2D eigenvalue weighted by Crippen LogP contribution is -2.48. The molecule has 0 atom stereocenters. The van der Waals surface area contributed by atoms with Crippen molar-refractivity contribution >= 4 is 17.7 Å². The van der Waals surface area contributed by atoms with Crippen LogP contribution in [0.2, 0.25) is 0 Å². The van der Waals surface area contributed by atoms with E-state index < -0.39 is 0 Å². The maximum atomic E-state index is 12.2. The number of amides is 1. The van der Waals surface area contributed by atoms with Crippen molar-refractivity contribution in [1.29, 1.82) is 0 Å². The topological polar surface area (TPSA) is 52.6 Å². The minimum atomic E-state index is -0.00784. The first kappa shape index (κ1) is 18.1. The van der Waals surface area contributed by atoms with Gasteiger partial charge in [0, 0.05) is 64.3 Å². The van der Waals surface area contributed by atoms with Gasteiger partial charge in [0.05, 0.1) is 5.69 Å². The van der Waals surface area contributed by atoms with Gasteiger partial charge in [0.25, 0.3) is 0 Å². The van der Waals surface area contributed by atoms with Gasteiger partial charge < -0.3 is 9.80 Å². The third-order valence-corrected chi connectivity index (χ3v) is 4.62. The van der Waals surface area contributed by atoms with Gasteiger partial charge in [-0.1, -0.05) is 18.2 Å². The number of nitrogens with zero attached hydrogens (tertiary/aromatic N) is 5. The second kappa shape index (κ2) is 9.10. The standard InChI is InChI=1S/C20H25N5O/c1-23(20(26)8-7-18-9-10-21-17-22-18)11-12-24-13-15-25(16-14-24)19-5-3-2-4-6-19/h2-10,17H,11-16H2,1H3/b8-7+. The Kier molecular flexibility index (Phi) is 6.33. The summed E-state index contributed by atoms with van der Waals surface area (Å²) in [7, 11) is 1.84. The summed E-state index contributed by atoms with van der Waals surface area (Å²) in [4.78, 5) is 26.7. The van der Waals surface area contributed by atoms with E-state index in [-0.39, 0.29) is 5.91 Å². The number of hydrogen-bond donors (Lipinski definition) is 0. The molecule has 2 aromatic rings. The van der Waals surface area contributed by atoms with E-state index in [1.165, 1.54) is 12.0 Å². The van der Waals surface area contributed by atoms with Crippen LogP contribution in [0.4, 0.5) is 5.69 Å². The van der Waals surface area contributed by atoms with Gasteiger partial charge in [-0.2, -0.15) is 0 Å². The lowest BCUT2D eigenvalue weighted by molar-refractivity contribution is -0.124. The van der Waals surface area contributed by atoms with Crippen molar-refractivity contribution in [3.8, 4) is 0 Å². The summed E-state index contributed by atoms with van der Waals surface area (Å²) in [5.74, 6) is -0.00784. The summed E-state index contributed by atoms with van der Waals surface area (Å²) in [5, 5.41) is 0. The first-order valence-corrected chi connectivity index (χ1v) is 8.94. The van der Waals surface area contributed by atoms with Crippen LogP contribution in [-0.2, 0) is 4.79 Å². The smallest absolute Gasteiger partial charge is 0.246 e. The Balaban J connectivity index is 1.40. The predicted octanol–water partition coefficient (Wildman–Crippen LogP) is 1.77. The fourth-order valence-corrected chi connectivity index (χ4v) is 2.95. The van der Waals surface area contributed by atoms with Crippen molar-refractivity contribution < 1.29 is 4.79 Å². The van der Waals surface area contributed by atoms with Crippen LogP contribution in [0.15, 0.2) is 55.0 Å². The molecule has 0 unspecified atom stereocenters. The average molecular weight is 351 g/mol. The largest absolute Gasteiger partial charge is 0.369 e. The molecular formula is C20H25N5O. The summed E-state index contributed by atoms with van der Waals surface area (Å²) in [6.45, 7) is 5.70. The number of rotatable bonds is 6. The Bertz CT molecular complexity index is 711. The zero-order valence-electron chi connectivity index (χ0n) is 15.2. The van der Waals surface area contributed by atoms with Gasteiger partial charge in [-0.15, -0.1) is 0 Å². The number of likely N-dealkylation sites (N-methyl/N-ethyl adjacent to an activating group) is 1. The maximum absolute atomic E-state index is 12.2. The Hall–Kier alpha value is -2.73. The molecule has 1 fully saturated rings. The van der Waals surface area contributed by atoms with Crippen LogP contribution in [0.1, 0.15) is 5.69 Å². The number of para-hydroxylation sites is 1. The Labute approximate surface area is 154 Å². The molecule has 1 aliphatic heterocycles. The number of carbonyl (C=O) groups is 1. The number of benzene rings is 1. The van der Waals surface area contributed by atoms with Crippen molar-refractivity contribution in [2.24, 2.45) is 0 Å². The fourth-order valence-electron chi connectivity index (χ4n) is 2.95. The van der Waals surface area contributed by atoms with E-state index in [0.29, 0.717) is 0 Å². The Morgan fingerprint density at radius 3 is 2.62 bits per heavy atom. The van der Waals surface area contributed by atoms with E-state index in [1.54, 1.807) is 29.3 Å². The molecule has 2 heterocycles. The Morgan fingerprint density at radius 1 is 1.15 bits per heavy atom. The van der Waals surface area contributed by atoms with Gasteiger partial charge in [0.1, 0.15) is 6.33 Å². The van der Waals surface area contributed by atoms with E-state index in [4.69, 9.17) is 0 Å². The number of piperazine rings is 1. The lowest BCUT2D eigenvalue weighted by atomic mass is 10.2. The van der Waals surface area contributed by atoms with Gasteiger partial charge in [-0.05, 0) is 24.3 Å². The summed E-state index contributed by atoms with van der Waals surface area (Å²) >= 11 is 0. The Morgan fingerprint density at radius 2 is 1.92 bits per heavy atom. The second-order valence-electron chi connectivity index (χ2n) is 6.39. The average Bonchev–Trinajstić information content (AvgIpc) is 2.72. The fraction of sp³-hybridized carbons (Fsp3) is 0.350. The number of carbonyl (C=O) groups excluding carboxylic acids is 1. The SMILES string of the molecule is CN(CCN1CCN(c2ccccc2)CC1)C(=O)/C=C/c1ccncn1. The van der Waals surface area contributed by atoms with E-state index in [1.807, 2.05) is 13.1 Å². The molecule has 6 nitrogen and oxygen atoms in total. The van der Waals surface area contributed by atoms with Crippen LogP contribution in [0.25, 0.3) is 6.08 Å². The molecule has 26 heavy (non-hydrogen) atoms. The first-order valence-electron chi connectivity index (χ1n) is 8.94. The van der Waals surface area contributed by atoms with Gasteiger partial charge in [0.2, 0.25) is 5.91 Å². The molecule has 0 radical (unpaired) electrons. The molecule has 1 aromatic heterocycles. The number of hydrogen-bond acceptors (Lipinski definition) is 5. The van der Waals surface area contributed by atoms with E-state index in [9.17, 15) is 4.79 Å². The van der Waals surface area contributed by atoms with Crippen LogP contribution < -0.4 is 4.90 Å². The molecule has 0 aliphatic carbocycles. The quantitative estimate of drug-likeness (QED) is 0.743. The van der Waals surface area contributed by atoms with Crippen LogP contribution in [0.3, 0.4) is 0 Å². The molecule has 1 aromatic carbocycles. The molecule has 1 amide bonds. The van der Waals surface area contributed by atoms with Crippen molar-refractivity contribution in [3.63, 3.8) is 0 Å². The minimum Gasteiger partial charge on any atom is -0.369 e. The van der Waals surface area contributed by atoms with E-state index in [0.717, 1.165) is 45.0 Å². The van der Waals surface area contributed by atoms with Crippen molar-refractivity contribution in [2.45, 2.75) is 0 Å². The maximum Gasteiger partial charge on any atom is 0.246 e. The van der Waals surface area contributed by atoms with Crippen molar-refractivity contribution in [2.75, 3.05) is 51.2 Å². The highest BCUT2D eigenvalue weighted by atomic mass is 16.2. The van der Waals surface area contributed by atoms with Gasteiger partial charge in [-0.25, -0.2) is 9.97 Å². The minimum absolute atomic E-state index is 0.00784. The van der Waals surface area contributed by atoms with Crippen LogP contribution in [0, 0.1) is 0 Å². The highest BCUT2D eigenvalue weighted by Gasteiger charge is 2.17.